The molecule has 0 radical (unpaired) electrons. The lowest BCUT2D eigenvalue weighted by Gasteiger charge is -2.17. The van der Waals surface area contributed by atoms with E-state index in [2.05, 4.69) is 47.1 Å². The van der Waals surface area contributed by atoms with E-state index >= 15 is 0 Å². The second-order valence-corrected chi connectivity index (χ2v) is 6.03. The summed E-state index contributed by atoms with van der Waals surface area (Å²) in [6.07, 6.45) is 6.75. The molecule has 2 rings (SSSR count). The van der Waals surface area contributed by atoms with Crippen LogP contribution in [0.15, 0.2) is 39.9 Å². The standard InChI is InChI=1S/C13H14Br2N4O/c1-2-3-10(19-7-11(15)17-8-19)13(20)18-12-5-4-9(14)6-16-12/h4-8,10H,2-3H2,1H3,(H,16,18,20). The highest BCUT2D eigenvalue weighted by Gasteiger charge is 2.20. The Balaban J connectivity index is 2.13. The molecule has 1 amide bonds. The molecule has 0 saturated carbocycles. The summed E-state index contributed by atoms with van der Waals surface area (Å²) >= 11 is 6.61. The molecule has 0 aliphatic heterocycles. The van der Waals surface area contributed by atoms with Crippen molar-refractivity contribution in [1.29, 1.82) is 0 Å². The quantitative estimate of drug-likeness (QED) is 0.829. The first-order chi connectivity index (χ1) is 9.60. The second-order valence-electron chi connectivity index (χ2n) is 4.30. The lowest BCUT2D eigenvalue weighted by atomic mass is 10.1. The van der Waals surface area contributed by atoms with Crippen molar-refractivity contribution in [2.24, 2.45) is 0 Å². The summed E-state index contributed by atoms with van der Waals surface area (Å²) in [5, 5.41) is 2.83. The third-order valence-corrected chi connectivity index (χ3v) is 3.65. The van der Waals surface area contributed by atoms with E-state index in [4.69, 9.17) is 0 Å². The van der Waals surface area contributed by atoms with E-state index in [0.717, 1.165) is 17.3 Å². The van der Waals surface area contributed by atoms with Gasteiger partial charge in [-0.05, 0) is 50.4 Å². The number of carbonyl (C=O) groups is 1. The predicted molar refractivity (Wildman–Crippen MR) is 84.4 cm³/mol. The Morgan fingerprint density at radius 1 is 1.40 bits per heavy atom. The summed E-state index contributed by atoms with van der Waals surface area (Å²) in [5.74, 6) is 0.449. The van der Waals surface area contributed by atoms with Crippen LogP contribution in [0.1, 0.15) is 25.8 Å². The van der Waals surface area contributed by atoms with Gasteiger partial charge in [-0.3, -0.25) is 4.79 Å². The van der Waals surface area contributed by atoms with Gasteiger partial charge in [0.2, 0.25) is 5.91 Å². The first-order valence-corrected chi connectivity index (χ1v) is 7.80. The van der Waals surface area contributed by atoms with Crippen molar-refractivity contribution in [3.63, 3.8) is 0 Å². The summed E-state index contributed by atoms with van der Waals surface area (Å²) in [6.45, 7) is 2.05. The van der Waals surface area contributed by atoms with Gasteiger partial charge in [0, 0.05) is 16.9 Å². The summed E-state index contributed by atoms with van der Waals surface area (Å²) in [5.41, 5.74) is 0. The van der Waals surface area contributed by atoms with E-state index in [9.17, 15) is 4.79 Å². The lowest BCUT2D eigenvalue weighted by Crippen LogP contribution is -2.25. The number of carbonyl (C=O) groups excluding carboxylic acids is 1. The maximum atomic E-state index is 12.4. The average Bonchev–Trinajstić information content (AvgIpc) is 2.85. The Labute approximate surface area is 134 Å². The maximum absolute atomic E-state index is 12.4. The van der Waals surface area contributed by atoms with E-state index in [0.29, 0.717) is 10.4 Å². The molecule has 0 aliphatic carbocycles. The number of halogens is 2. The van der Waals surface area contributed by atoms with E-state index in [1.165, 1.54) is 0 Å². The molecule has 0 saturated heterocycles. The second kappa shape index (κ2) is 6.99. The van der Waals surface area contributed by atoms with Crippen LogP contribution in [0.2, 0.25) is 0 Å². The molecular weight excluding hydrogens is 388 g/mol. The van der Waals surface area contributed by atoms with Gasteiger partial charge in [-0.15, -0.1) is 0 Å². The molecule has 0 spiro atoms. The van der Waals surface area contributed by atoms with Crippen LogP contribution < -0.4 is 5.32 Å². The van der Waals surface area contributed by atoms with E-state index in [-0.39, 0.29) is 11.9 Å². The molecule has 1 atom stereocenters. The van der Waals surface area contributed by atoms with Crippen molar-refractivity contribution in [1.82, 2.24) is 14.5 Å². The molecule has 0 aliphatic rings. The molecule has 2 heterocycles. The fraction of sp³-hybridized carbons (Fsp3) is 0.308. The third-order valence-electron chi connectivity index (χ3n) is 2.77. The molecule has 1 N–H and O–H groups in total. The van der Waals surface area contributed by atoms with Gasteiger partial charge in [0.05, 0.1) is 6.33 Å². The smallest absolute Gasteiger partial charge is 0.248 e. The number of anilines is 1. The number of rotatable bonds is 5. The number of hydrogen-bond acceptors (Lipinski definition) is 3. The Hall–Kier alpha value is -1.21. The monoisotopic (exact) mass is 400 g/mol. The van der Waals surface area contributed by atoms with Gasteiger partial charge in [-0.2, -0.15) is 0 Å². The van der Waals surface area contributed by atoms with Crippen molar-refractivity contribution >= 4 is 43.6 Å². The van der Waals surface area contributed by atoms with Crippen LogP contribution in [-0.4, -0.2) is 20.4 Å². The van der Waals surface area contributed by atoms with Crippen molar-refractivity contribution in [3.05, 3.63) is 39.9 Å². The molecular formula is C13H14Br2N4O. The van der Waals surface area contributed by atoms with Crippen molar-refractivity contribution in [2.45, 2.75) is 25.8 Å². The number of aromatic nitrogens is 3. The Kier molecular flexibility index (Phi) is 5.31. The molecule has 0 aromatic carbocycles. The predicted octanol–water partition coefficient (Wildman–Crippen LogP) is 3.78. The van der Waals surface area contributed by atoms with Gasteiger partial charge in [-0.25, -0.2) is 9.97 Å². The van der Waals surface area contributed by atoms with Gasteiger partial charge >= 0.3 is 0 Å². The van der Waals surface area contributed by atoms with Gasteiger partial charge in [-0.1, -0.05) is 13.3 Å². The largest absolute Gasteiger partial charge is 0.324 e. The van der Waals surface area contributed by atoms with Crippen LogP contribution in [0.25, 0.3) is 0 Å². The molecule has 2 aromatic rings. The zero-order valence-electron chi connectivity index (χ0n) is 10.9. The molecule has 2 aromatic heterocycles. The molecule has 7 heteroatoms. The van der Waals surface area contributed by atoms with Crippen LogP contribution in [0.3, 0.4) is 0 Å². The number of pyridine rings is 1. The minimum Gasteiger partial charge on any atom is -0.324 e. The van der Waals surface area contributed by atoms with Crippen molar-refractivity contribution in [3.8, 4) is 0 Å². The molecule has 20 heavy (non-hydrogen) atoms. The summed E-state index contributed by atoms with van der Waals surface area (Å²) in [7, 11) is 0. The van der Waals surface area contributed by atoms with E-state index < -0.39 is 0 Å². The van der Waals surface area contributed by atoms with Gasteiger partial charge in [0.15, 0.2) is 0 Å². The maximum Gasteiger partial charge on any atom is 0.248 e. The molecule has 106 valence electrons. The lowest BCUT2D eigenvalue weighted by molar-refractivity contribution is -0.119. The van der Waals surface area contributed by atoms with Crippen LogP contribution in [-0.2, 0) is 4.79 Å². The van der Waals surface area contributed by atoms with Gasteiger partial charge in [0.1, 0.15) is 16.5 Å². The minimum absolute atomic E-state index is 0.0911. The molecule has 0 bridgehead atoms. The summed E-state index contributed by atoms with van der Waals surface area (Å²) in [4.78, 5) is 20.6. The normalized spacial score (nSPS) is 12.2. The summed E-state index contributed by atoms with van der Waals surface area (Å²) < 4.78 is 3.40. The van der Waals surface area contributed by atoms with E-state index in [1.54, 1.807) is 24.8 Å². The minimum atomic E-state index is -0.288. The van der Waals surface area contributed by atoms with Crippen LogP contribution in [0.5, 0.6) is 0 Å². The number of nitrogens with one attached hydrogen (secondary N) is 1. The number of hydrogen-bond donors (Lipinski definition) is 1. The summed E-state index contributed by atoms with van der Waals surface area (Å²) in [6, 6.07) is 3.31. The number of imidazole rings is 1. The fourth-order valence-corrected chi connectivity index (χ4v) is 2.39. The van der Waals surface area contributed by atoms with Crippen LogP contribution in [0, 0.1) is 0 Å². The molecule has 5 nitrogen and oxygen atoms in total. The Morgan fingerprint density at radius 3 is 2.75 bits per heavy atom. The zero-order valence-corrected chi connectivity index (χ0v) is 14.1. The van der Waals surface area contributed by atoms with Gasteiger partial charge < -0.3 is 9.88 Å². The first kappa shape index (κ1) is 15.2. The zero-order chi connectivity index (χ0) is 14.5. The number of amides is 1. The van der Waals surface area contributed by atoms with Crippen LogP contribution in [0.4, 0.5) is 5.82 Å². The SMILES string of the molecule is CCCC(C(=O)Nc1ccc(Br)cn1)n1cnc(Br)c1. The Bertz CT molecular complexity index is 582. The topological polar surface area (TPSA) is 59.8 Å². The average molecular weight is 402 g/mol. The highest BCUT2D eigenvalue weighted by Crippen LogP contribution is 2.19. The molecule has 0 fully saturated rings. The first-order valence-electron chi connectivity index (χ1n) is 6.21. The van der Waals surface area contributed by atoms with Crippen molar-refractivity contribution < 1.29 is 4.79 Å². The third kappa shape index (κ3) is 3.89. The number of nitrogens with zero attached hydrogens (tertiary/aromatic N) is 3. The molecule has 1 unspecified atom stereocenters. The van der Waals surface area contributed by atoms with Crippen molar-refractivity contribution in [2.75, 3.05) is 5.32 Å². The van der Waals surface area contributed by atoms with Gasteiger partial charge in [0.25, 0.3) is 0 Å². The van der Waals surface area contributed by atoms with Crippen LogP contribution >= 0.6 is 31.9 Å². The fourth-order valence-electron chi connectivity index (χ4n) is 1.83. The Morgan fingerprint density at radius 2 is 2.20 bits per heavy atom. The highest BCUT2D eigenvalue weighted by atomic mass is 79.9. The van der Waals surface area contributed by atoms with E-state index in [1.807, 2.05) is 17.6 Å². The highest BCUT2D eigenvalue weighted by molar-refractivity contribution is 9.10.